The van der Waals surface area contributed by atoms with Gasteiger partial charge in [0, 0.05) is 6.07 Å². The van der Waals surface area contributed by atoms with Gasteiger partial charge in [0.25, 0.3) is 0 Å². The highest BCUT2D eigenvalue weighted by Crippen LogP contribution is 2.23. The fourth-order valence-electron chi connectivity index (χ4n) is 1.42. The van der Waals surface area contributed by atoms with Crippen molar-refractivity contribution in [3.05, 3.63) is 54.3 Å². The highest BCUT2D eigenvalue weighted by Gasteiger charge is 2.00. The van der Waals surface area contributed by atoms with E-state index in [0.29, 0.717) is 0 Å². The van der Waals surface area contributed by atoms with Crippen LogP contribution in [-0.2, 0) is 0 Å². The van der Waals surface area contributed by atoms with Gasteiger partial charge < -0.3 is 4.74 Å². The van der Waals surface area contributed by atoms with Crippen LogP contribution in [0.25, 0.3) is 11.1 Å². The number of methoxy groups -OCH3 is 1. The first-order valence-corrected chi connectivity index (χ1v) is 4.61. The van der Waals surface area contributed by atoms with E-state index in [9.17, 15) is 4.39 Å². The van der Waals surface area contributed by atoms with Gasteiger partial charge in [0.15, 0.2) is 0 Å². The summed E-state index contributed by atoms with van der Waals surface area (Å²) >= 11 is 0. The zero-order valence-electron chi connectivity index (χ0n) is 8.33. The molecular weight excluding hydrogens is 191 g/mol. The van der Waals surface area contributed by atoms with Gasteiger partial charge in [0.1, 0.15) is 11.6 Å². The normalized spacial score (nSPS) is 10.0. The zero-order chi connectivity index (χ0) is 10.7. The van der Waals surface area contributed by atoms with Gasteiger partial charge in [0.05, 0.1) is 7.11 Å². The summed E-state index contributed by atoms with van der Waals surface area (Å²) in [6.45, 7) is 0. The van der Waals surface area contributed by atoms with Crippen LogP contribution in [-0.4, -0.2) is 7.11 Å². The van der Waals surface area contributed by atoms with Crippen molar-refractivity contribution in [1.82, 2.24) is 0 Å². The van der Waals surface area contributed by atoms with Gasteiger partial charge in [-0.1, -0.05) is 24.3 Å². The van der Waals surface area contributed by atoms with Crippen molar-refractivity contribution in [3.63, 3.8) is 0 Å². The highest BCUT2D eigenvalue weighted by atomic mass is 19.1. The zero-order valence-corrected chi connectivity index (χ0v) is 8.33. The molecule has 0 bridgehead atoms. The van der Waals surface area contributed by atoms with E-state index >= 15 is 0 Å². The van der Waals surface area contributed by atoms with Crippen LogP contribution >= 0.6 is 0 Å². The molecule has 2 aromatic rings. The first kappa shape index (κ1) is 9.71. The van der Waals surface area contributed by atoms with E-state index in [2.05, 4.69) is 6.07 Å². The number of hydrogen-bond donors (Lipinski definition) is 0. The lowest BCUT2D eigenvalue weighted by Crippen LogP contribution is -1.84. The van der Waals surface area contributed by atoms with Crippen LogP contribution < -0.4 is 4.74 Å². The molecule has 0 atom stereocenters. The van der Waals surface area contributed by atoms with Crippen LogP contribution in [0.15, 0.2) is 42.5 Å². The Morgan fingerprint density at radius 3 is 2.67 bits per heavy atom. The summed E-state index contributed by atoms with van der Waals surface area (Å²) in [7, 11) is 1.61. The number of hydrogen-bond acceptors (Lipinski definition) is 1. The van der Waals surface area contributed by atoms with Gasteiger partial charge in [-0.3, -0.25) is 0 Å². The third kappa shape index (κ3) is 2.15. The van der Waals surface area contributed by atoms with Crippen LogP contribution in [0.2, 0.25) is 0 Å². The number of benzene rings is 2. The third-order valence-corrected chi connectivity index (χ3v) is 2.17. The van der Waals surface area contributed by atoms with E-state index in [1.54, 1.807) is 13.2 Å². The molecule has 0 fully saturated rings. The van der Waals surface area contributed by atoms with Gasteiger partial charge in [-0.15, -0.1) is 0 Å². The second-order valence-corrected chi connectivity index (χ2v) is 3.16. The Bertz CT molecular complexity index is 466. The molecule has 0 saturated heterocycles. The molecule has 0 amide bonds. The molecule has 1 nitrogen and oxygen atoms in total. The molecule has 0 saturated carbocycles. The molecule has 0 N–H and O–H groups in total. The SMILES string of the molecule is COc1cccc(-c2cc[c]c(F)c2)c1. The molecule has 0 spiro atoms. The maximum atomic E-state index is 12.9. The second-order valence-electron chi connectivity index (χ2n) is 3.16. The Balaban J connectivity index is 2.44. The van der Waals surface area contributed by atoms with E-state index in [1.807, 2.05) is 30.3 Å². The Labute approximate surface area is 88.1 Å². The number of halogens is 1. The van der Waals surface area contributed by atoms with Crippen molar-refractivity contribution in [2.24, 2.45) is 0 Å². The smallest absolute Gasteiger partial charge is 0.131 e. The molecule has 2 aromatic carbocycles. The Hall–Kier alpha value is -1.83. The summed E-state index contributed by atoms with van der Waals surface area (Å²) in [6.07, 6.45) is 0. The lowest BCUT2D eigenvalue weighted by atomic mass is 10.1. The summed E-state index contributed by atoms with van der Waals surface area (Å²) in [5.41, 5.74) is 1.76. The minimum Gasteiger partial charge on any atom is -0.497 e. The lowest BCUT2D eigenvalue weighted by molar-refractivity contribution is 0.415. The fourth-order valence-corrected chi connectivity index (χ4v) is 1.42. The van der Waals surface area contributed by atoms with Gasteiger partial charge in [0.2, 0.25) is 0 Å². The summed E-state index contributed by atoms with van der Waals surface area (Å²) in [4.78, 5) is 0. The third-order valence-electron chi connectivity index (χ3n) is 2.17. The molecule has 75 valence electrons. The van der Waals surface area contributed by atoms with Crippen LogP contribution in [0.1, 0.15) is 0 Å². The van der Waals surface area contributed by atoms with E-state index in [1.165, 1.54) is 6.07 Å². The molecular formula is C13H10FO. The summed E-state index contributed by atoms with van der Waals surface area (Å²) < 4.78 is 18.1. The van der Waals surface area contributed by atoms with Crippen molar-refractivity contribution >= 4 is 0 Å². The Kier molecular flexibility index (Phi) is 2.68. The molecule has 0 aliphatic heterocycles. The van der Waals surface area contributed by atoms with E-state index in [0.717, 1.165) is 16.9 Å². The van der Waals surface area contributed by atoms with Crippen LogP contribution in [0.3, 0.4) is 0 Å². The largest absolute Gasteiger partial charge is 0.497 e. The maximum absolute atomic E-state index is 12.9. The molecule has 0 aromatic heterocycles. The van der Waals surface area contributed by atoms with Crippen molar-refractivity contribution in [2.75, 3.05) is 7.11 Å². The summed E-state index contributed by atoms with van der Waals surface area (Å²) in [6, 6.07) is 14.8. The standard InChI is InChI=1S/C13H10FO/c1-15-13-7-3-5-11(9-13)10-4-2-6-12(14)8-10/h2-5,7-9H,1H3. The van der Waals surface area contributed by atoms with Crippen LogP contribution in [0.5, 0.6) is 5.75 Å². The summed E-state index contributed by atoms with van der Waals surface area (Å²) in [5, 5.41) is 0. The van der Waals surface area contributed by atoms with Gasteiger partial charge in [-0.05, 0) is 29.3 Å². The quantitative estimate of drug-likeness (QED) is 0.724. The Morgan fingerprint density at radius 1 is 1.13 bits per heavy atom. The minimum absolute atomic E-state index is 0.352. The van der Waals surface area contributed by atoms with Crippen LogP contribution in [0.4, 0.5) is 4.39 Å². The molecule has 1 radical (unpaired) electrons. The number of rotatable bonds is 2. The number of ether oxygens (including phenoxy) is 1. The molecule has 0 aliphatic carbocycles. The molecule has 15 heavy (non-hydrogen) atoms. The van der Waals surface area contributed by atoms with Crippen molar-refractivity contribution in [3.8, 4) is 16.9 Å². The first-order chi connectivity index (χ1) is 7.29. The average Bonchev–Trinajstić information content (AvgIpc) is 2.29. The predicted molar refractivity (Wildman–Crippen MR) is 57.2 cm³/mol. The fraction of sp³-hybridized carbons (Fsp3) is 0.0769. The highest BCUT2D eigenvalue weighted by molar-refractivity contribution is 5.64. The monoisotopic (exact) mass is 201 g/mol. The average molecular weight is 201 g/mol. The summed E-state index contributed by atoms with van der Waals surface area (Å²) in [5.74, 6) is 0.413. The second kappa shape index (κ2) is 4.13. The molecule has 0 unspecified atom stereocenters. The maximum Gasteiger partial charge on any atom is 0.131 e. The lowest BCUT2D eigenvalue weighted by Gasteiger charge is -2.04. The molecule has 2 rings (SSSR count). The van der Waals surface area contributed by atoms with Gasteiger partial charge in [-0.2, -0.15) is 0 Å². The van der Waals surface area contributed by atoms with E-state index in [4.69, 9.17) is 4.74 Å². The van der Waals surface area contributed by atoms with E-state index < -0.39 is 0 Å². The molecule has 2 heteroatoms. The van der Waals surface area contributed by atoms with Crippen molar-refractivity contribution < 1.29 is 9.13 Å². The van der Waals surface area contributed by atoms with Crippen molar-refractivity contribution in [2.45, 2.75) is 0 Å². The predicted octanol–water partition coefficient (Wildman–Crippen LogP) is 3.30. The van der Waals surface area contributed by atoms with Gasteiger partial charge >= 0.3 is 0 Å². The minimum atomic E-state index is -0.352. The molecule has 0 heterocycles. The molecule has 0 aliphatic rings. The Morgan fingerprint density at radius 2 is 1.93 bits per heavy atom. The first-order valence-electron chi connectivity index (χ1n) is 4.61. The van der Waals surface area contributed by atoms with Gasteiger partial charge in [-0.25, -0.2) is 4.39 Å². The topological polar surface area (TPSA) is 9.23 Å². The van der Waals surface area contributed by atoms with E-state index in [-0.39, 0.29) is 5.82 Å². The van der Waals surface area contributed by atoms with Crippen LogP contribution in [0, 0.1) is 11.9 Å². The van der Waals surface area contributed by atoms with Crippen molar-refractivity contribution in [1.29, 1.82) is 0 Å².